The van der Waals surface area contributed by atoms with Crippen molar-refractivity contribution in [2.45, 2.75) is 31.4 Å². The fourth-order valence-corrected chi connectivity index (χ4v) is 3.45. The van der Waals surface area contributed by atoms with Gasteiger partial charge in [-0.15, -0.1) is 0 Å². The number of nitrogens with one attached hydrogen (secondary N) is 1. The normalized spacial score (nSPS) is 17.0. The van der Waals surface area contributed by atoms with Gasteiger partial charge in [0.15, 0.2) is 0 Å². The quantitative estimate of drug-likeness (QED) is 0.632. The summed E-state index contributed by atoms with van der Waals surface area (Å²) in [6.45, 7) is 1.76. The van der Waals surface area contributed by atoms with Crippen LogP contribution < -0.4 is 10.1 Å². The van der Waals surface area contributed by atoms with Crippen molar-refractivity contribution >= 4 is 0 Å². The lowest BCUT2D eigenvalue weighted by Gasteiger charge is -2.27. The molecule has 1 aliphatic heterocycles. The highest BCUT2D eigenvalue weighted by Crippen LogP contribution is 2.24. The van der Waals surface area contributed by atoms with Crippen molar-refractivity contribution in [2.24, 2.45) is 0 Å². The number of hydrogen-bond acceptors (Lipinski definition) is 4. The van der Waals surface area contributed by atoms with Crippen LogP contribution in [0.25, 0.3) is 11.1 Å². The fourth-order valence-electron chi connectivity index (χ4n) is 3.45. The van der Waals surface area contributed by atoms with Crippen LogP contribution >= 0.6 is 0 Å². The smallest absolute Gasteiger partial charge is 0.138 e. The van der Waals surface area contributed by atoms with Gasteiger partial charge in [0.2, 0.25) is 0 Å². The molecule has 144 valence electrons. The van der Waals surface area contributed by atoms with Crippen LogP contribution in [0.4, 0.5) is 0 Å². The minimum absolute atomic E-state index is 0.402. The molecule has 28 heavy (non-hydrogen) atoms. The molecule has 0 saturated carbocycles. The van der Waals surface area contributed by atoms with Crippen molar-refractivity contribution in [2.75, 3.05) is 13.2 Å². The Morgan fingerprint density at radius 2 is 1.75 bits per heavy atom. The maximum atomic E-state index is 10.5. The SMILES string of the molecule is O[C@@H](Cc1ccccc1)Cc1cccc(-c2cncc(OC[C@@H]3CCN3)c2)c1. The predicted molar refractivity (Wildman–Crippen MR) is 111 cm³/mol. The molecule has 2 N–H and O–H groups in total. The van der Waals surface area contributed by atoms with Gasteiger partial charge in [0.25, 0.3) is 0 Å². The van der Waals surface area contributed by atoms with Crippen LogP contribution in [0.1, 0.15) is 17.5 Å². The molecule has 0 unspecified atom stereocenters. The van der Waals surface area contributed by atoms with Gasteiger partial charge < -0.3 is 15.2 Å². The van der Waals surface area contributed by atoms with E-state index < -0.39 is 6.10 Å². The van der Waals surface area contributed by atoms with Crippen LogP contribution in [0.15, 0.2) is 73.1 Å². The number of aliphatic hydroxyl groups is 1. The van der Waals surface area contributed by atoms with Crippen LogP contribution in [0.2, 0.25) is 0 Å². The predicted octanol–water partition coefficient (Wildman–Crippen LogP) is 3.64. The van der Waals surface area contributed by atoms with Crippen LogP contribution in [0.5, 0.6) is 5.75 Å². The van der Waals surface area contributed by atoms with Crippen LogP contribution in [0, 0.1) is 0 Å². The first kappa shape index (κ1) is 18.7. The van der Waals surface area contributed by atoms with Gasteiger partial charge in [-0.05, 0) is 48.6 Å². The van der Waals surface area contributed by atoms with Crippen molar-refractivity contribution in [3.63, 3.8) is 0 Å². The molecule has 0 spiro atoms. The van der Waals surface area contributed by atoms with Crippen LogP contribution in [0.3, 0.4) is 0 Å². The molecule has 0 radical (unpaired) electrons. The molecule has 4 rings (SSSR count). The van der Waals surface area contributed by atoms with Gasteiger partial charge >= 0.3 is 0 Å². The van der Waals surface area contributed by atoms with E-state index in [1.165, 1.54) is 6.42 Å². The molecule has 1 fully saturated rings. The van der Waals surface area contributed by atoms with Crippen molar-refractivity contribution < 1.29 is 9.84 Å². The highest BCUT2D eigenvalue weighted by Gasteiger charge is 2.16. The Labute approximate surface area is 166 Å². The highest BCUT2D eigenvalue weighted by molar-refractivity contribution is 5.64. The molecule has 4 nitrogen and oxygen atoms in total. The van der Waals surface area contributed by atoms with Gasteiger partial charge in [0.05, 0.1) is 12.3 Å². The van der Waals surface area contributed by atoms with Crippen molar-refractivity contribution in [1.82, 2.24) is 10.3 Å². The molecule has 4 heteroatoms. The molecule has 2 atom stereocenters. The lowest BCUT2D eigenvalue weighted by Crippen LogP contribution is -2.46. The Morgan fingerprint density at radius 1 is 0.964 bits per heavy atom. The van der Waals surface area contributed by atoms with E-state index in [2.05, 4.69) is 40.6 Å². The summed E-state index contributed by atoms with van der Waals surface area (Å²) in [6, 6.07) is 20.9. The Bertz CT molecular complexity index is 894. The average Bonchev–Trinajstić information content (AvgIpc) is 2.68. The molecule has 0 amide bonds. The average molecular weight is 374 g/mol. The van der Waals surface area contributed by atoms with E-state index in [-0.39, 0.29) is 0 Å². The molecule has 3 aromatic rings. The number of rotatable bonds is 8. The van der Waals surface area contributed by atoms with Gasteiger partial charge in [0, 0.05) is 17.8 Å². The molecule has 1 saturated heterocycles. The summed E-state index contributed by atoms with van der Waals surface area (Å²) in [5, 5.41) is 13.8. The zero-order valence-corrected chi connectivity index (χ0v) is 15.9. The zero-order valence-electron chi connectivity index (χ0n) is 15.9. The molecule has 2 heterocycles. The largest absolute Gasteiger partial charge is 0.490 e. The molecule has 2 aromatic carbocycles. The van der Waals surface area contributed by atoms with E-state index in [1.807, 2.05) is 36.5 Å². The summed E-state index contributed by atoms with van der Waals surface area (Å²) in [5.74, 6) is 0.792. The lowest BCUT2D eigenvalue weighted by atomic mass is 9.98. The number of aromatic nitrogens is 1. The van der Waals surface area contributed by atoms with Gasteiger partial charge in [-0.3, -0.25) is 4.98 Å². The number of ether oxygens (including phenoxy) is 1. The first-order chi connectivity index (χ1) is 13.8. The monoisotopic (exact) mass is 374 g/mol. The summed E-state index contributed by atoms with van der Waals surface area (Å²) < 4.78 is 5.87. The Morgan fingerprint density at radius 3 is 2.54 bits per heavy atom. The summed E-state index contributed by atoms with van der Waals surface area (Å²) in [6.07, 6.45) is 5.66. The van der Waals surface area contributed by atoms with E-state index in [0.717, 1.165) is 34.5 Å². The maximum Gasteiger partial charge on any atom is 0.138 e. The van der Waals surface area contributed by atoms with Gasteiger partial charge in [0.1, 0.15) is 12.4 Å². The van der Waals surface area contributed by atoms with Gasteiger partial charge in [-0.25, -0.2) is 0 Å². The topological polar surface area (TPSA) is 54.4 Å². The van der Waals surface area contributed by atoms with Crippen LogP contribution in [-0.4, -0.2) is 35.4 Å². The second-order valence-electron chi connectivity index (χ2n) is 7.41. The summed E-state index contributed by atoms with van der Waals surface area (Å²) in [4.78, 5) is 4.33. The summed E-state index contributed by atoms with van der Waals surface area (Å²) >= 11 is 0. The first-order valence-corrected chi connectivity index (χ1v) is 9.89. The fraction of sp³-hybridized carbons (Fsp3) is 0.292. The molecule has 1 aromatic heterocycles. The Balaban J connectivity index is 1.41. The Hall–Kier alpha value is -2.69. The Kier molecular flexibility index (Phi) is 6.00. The lowest BCUT2D eigenvalue weighted by molar-refractivity contribution is 0.175. The first-order valence-electron chi connectivity index (χ1n) is 9.89. The van der Waals surface area contributed by atoms with Crippen molar-refractivity contribution in [3.8, 4) is 16.9 Å². The van der Waals surface area contributed by atoms with Gasteiger partial charge in [-0.1, -0.05) is 54.6 Å². The number of benzene rings is 2. The standard InChI is InChI=1S/C24H26N2O2/c27-23(12-18-5-2-1-3-6-18)13-19-7-4-8-20(11-19)21-14-24(16-25-15-21)28-17-22-9-10-26-22/h1-8,11,14-16,22-23,26-27H,9-10,12-13,17H2/t22-,23-/m0/s1. The molecular weight excluding hydrogens is 348 g/mol. The second-order valence-corrected chi connectivity index (χ2v) is 7.41. The molecular formula is C24H26N2O2. The molecule has 0 bridgehead atoms. The van der Waals surface area contributed by atoms with Crippen molar-refractivity contribution in [3.05, 3.63) is 84.2 Å². The van der Waals surface area contributed by atoms with E-state index >= 15 is 0 Å². The summed E-state index contributed by atoms with van der Waals surface area (Å²) in [5.41, 5.74) is 4.38. The molecule has 0 aliphatic carbocycles. The van der Waals surface area contributed by atoms with E-state index in [4.69, 9.17) is 4.74 Å². The third kappa shape index (κ3) is 4.97. The number of hydrogen-bond donors (Lipinski definition) is 2. The number of pyridine rings is 1. The zero-order chi connectivity index (χ0) is 19.2. The number of nitrogens with zero attached hydrogens (tertiary/aromatic N) is 1. The third-order valence-electron chi connectivity index (χ3n) is 5.14. The number of aliphatic hydroxyl groups excluding tert-OH is 1. The van der Waals surface area contributed by atoms with E-state index in [0.29, 0.717) is 25.5 Å². The summed E-state index contributed by atoms with van der Waals surface area (Å²) in [7, 11) is 0. The van der Waals surface area contributed by atoms with Crippen LogP contribution in [-0.2, 0) is 12.8 Å². The van der Waals surface area contributed by atoms with E-state index in [9.17, 15) is 5.11 Å². The van der Waals surface area contributed by atoms with Crippen molar-refractivity contribution in [1.29, 1.82) is 0 Å². The second kappa shape index (κ2) is 9.00. The maximum absolute atomic E-state index is 10.5. The van der Waals surface area contributed by atoms with E-state index in [1.54, 1.807) is 6.20 Å². The highest BCUT2D eigenvalue weighted by atomic mass is 16.5. The third-order valence-corrected chi connectivity index (χ3v) is 5.14. The molecule has 1 aliphatic rings. The minimum atomic E-state index is -0.402. The minimum Gasteiger partial charge on any atom is -0.490 e. The van der Waals surface area contributed by atoms with Gasteiger partial charge in [-0.2, -0.15) is 0 Å².